The fraction of sp³-hybridized carbons (Fsp3) is 0.111. The molecule has 0 saturated carbocycles. The van der Waals surface area contributed by atoms with E-state index >= 15 is 0 Å². The van der Waals surface area contributed by atoms with E-state index in [4.69, 9.17) is 10.8 Å². The van der Waals surface area contributed by atoms with Crippen LogP contribution in [0.1, 0.15) is 10.4 Å². The van der Waals surface area contributed by atoms with Gasteiger partial charge in [-0.15, -0.1) is 0 Å². The van der Waals surface area contributed by atoms with Gasteiger partial charge in [0, 0.05) is 5.56 Å². The average molecular weight is 194 g/mol. The van der Waals surface area contributed by atoms with Gasteiger partial charge in [-0.25, -0.2) is 4.79 Å². The van der Waals surface area contributed by atoms with Crippen LogP contribution in [0.5, 0.6) is 0 Å². The van der Waals surface area contributed by atoms with E-state index in [9.17, 15) is 9.59 Å². The number of carboxylic acid groups (broad SMARTS) is 1. The van der Waals surface area contributed by atoms with E-state index in [0.29, 0.717) is 5.56 Å². The number of carbonyl (C=O) groups excluding carboxylic acids is 1. The molecule has 0 aliphatic heterocycles. The van der Waals surface area contributed by atoms with Crippen molar-refractivity contribution >= 4 is 11.9 Å². The van der Waals surface area contributed by atoms with Crippen LogP contribution in [0.25, 0.3) is 0 Å². The van der Waals surface area contributed by atoms with Crippen molar-refractivity contribution in [3.8, 4) is 0 Å². The second-order valence-electron chi connectivity index (χ2n) is 2.66. The molecule has 1 unspecified atom stereocenters. The molecule has 0 heterocycles. The SMILES string of the molecule is NC(NC(=O)O)C(=O)c1ccccc1. The Balaban J connectivity index is 2.71. The summed E-state index contributed by atoms with van der Waals surface area (Å²) in [5.74, 6) is -0.451. The first kappa shape index (κ1) is 10.2. The Morgan fingerprint density at radius 1 is 1.29 bits per heavy atom. The highest BCUT2D eigenvalue weighted by Gasteiger charge is 2.16. The maximum atomic E-state index is 11.4. The van der Waals surface area contributed by atoms with Crippen LogP contribution in [0.2, 0.25) is 0 Å². The first-order valence-electron chi connectivity index (χ1n) is 3.95. The fourth-order valence-electron chi connectivity index (χ4n) is 0.981. The first-order chi connectivity index (χ1) is 6.61. The molecule has 0 aliphatic rings. The minimum absolute atomic E-state index is 0.383. The van der Waals surface area contributed by atoms with E-state index in [1.807, 2.05) is 5.32 Å². The lowest BCUT2D eigenvalue weighted by molar-refractivity contribution is 0.0939. The fourth-order valence-corrected chi connectivity index (χ4v) is 0.981. The van der Waals surface area contributed by atoms with Crippen molar-refractivity contribution < 1.29 is 14.7 Å². The van der Waals surface area contributed by atoms with Crippen LogP contribution >= 0.6 is 0 Å². The molecule has 0 bridgehead atoms. The molecule has 74 valence electrons. The molecule has 5 heteroatoms. The van der Waals surface area contributed by atoms with Crippen LogP contribution in [0.3, 0.4) is 0 Å². The van der Waals surface area contributed by atoms with Gasteiger partial charge in [-0.2, -0.15) is 0 Å². The van der Waals surface area contributed by atoms with Gasteiger partial charge in [-0.3, -0.25) is 10.1 Å². The standard InChI is InChI=1S/C9H10N2O3/c10-8(11-9(13)14)7(12)6-4-2-1-3-5-6/h1-5,8,11H,10H2,(H,13,14). The molecule has 14 heavy (non-hydrogen) atoms. The van der Waals surface area contributed by atoms with E-state index in [1.54, 1.807) is 30.3 Å². The molecule has 1 atom stereocenters. The lowest BCUT2D eigenvalue weighted by Crippen LogP contribution is -2.46. The molecule has 1 rings (SSSR count). The molecule has 0 radical (unpaired) electrons. The molecular weight excluding hydrogens is 184 g/mol. The summed E-state index contributed by atoms with van der Waals surface area (Å²) in [6.07, 6.45) is -2.53. The maximum absolute atomic E-state index is 11.4. The zero-order valence-electron chi connectivity index (χ0n) is 7.31. The quantitative estimate of drug-likeness (QED) is 0.480. The summed E-state index contributed by atoms with van der Waals surface area (Å²) in [6, 6.07) is 8.27. The van der Waals surface area contributed by atoms with Gasteiger partial charge in [0.1, 0.15) is 6.17 Å². The van der Waals surface area contributed by atoms with Crippen LogP contribution in [0, 0.1) is 0 Å². The highest BCUT2D eigenvalue weighted by atomic mass is 16.4. The van der Waals surface area contributed by atoms with Crippen LogP contribution < -0.4 is 11.1 Å². The number of rotatable bonds is 3. The molecule has 5 nitrogen and oxygen atoms in total. The van der Waals surface area contributed by atoms with Crippen molar-refractivity contribution in [2.75, 3.05) is 0 Å². The average Bonchev–Trinajstić information content (AvgIpc) is 2.17. The van der Waals surface area contributed by atoms with Gasteiger partial charge in [0.05, 0.1) is 0 Å². The van der Waals surface area contributed by atoms with E-state index in [1.165, 1.54) is 0 Å². The number of amides is 1. The largest absolute Gasteiger partial charge is 0.465 e. The molecule has 0 saturated heterocycles. The minimum Gasteiger partial charge on any atom is -0.465 e. The monoisotopic (exact) mass is 194 g/mol. The van der Waals surface area contributed by atoms with Gasteiger partial charge in [-0.1, -0.05) is 30.3 Å². The Hall–Kier alpha value is -1.88. The van der Waals surface area contributed by atoms with Crippen LogP contribution in [0.4, 0.5) is 4.79 Å². The zero-order valence-corrected chi connectivity index (χ0v) is 7.31. The van der Waals surface area contributed by atoms with Gasteiger partial charge < -0.3 is 10.8 Å². The highest BCUT2D eigenvalue weighted by molar-refractivity contribution is 6.00. The maximum Gasteiger partial charge on any atom is 0.406 e. The molecule has 1 amide bonds. The van der Waals surface area contributed by atoms with Gasteiger partial charge in [-0.05, 0) is 0 Å². The first-order valence-corrected chi connectivity index (χ1v) is 3.95. The summed E-state index contributed by atoms with van der Waals surface area (Å²) in [7, 11) is 0. The van der Waals surface area contributed by atoms with Crippen molar-refractivity contribution in [1.29, 1.82) is 0 Å². The van der Waals surface area contributed by atoms with Crippen molar-refractivity contribution in [2.24, 2.45) is 5.73 Å². The van der Waals surface area contributed by atoms with E-state index < -0.39 is 18.0 Å². The van der Waals surface area contributed by atoms with Crippen molar-refractivity contribution in [3.05, 3.63) is 35.9 Å². The summed E-state index contributed by atoms with van der Waals surface area (Å²) in [5, 5.41) is 10.2. The van der Waals surface area contributed by atoms with Gasteiger partial charge in [0.25, 0.3) is 0 Å². The Morgan fingerprint density at radius 2 is 1.86 bits per heavy atom. The molecule has 1 aromatic rings. The zero-order chi connectivity index (χ0) is 10.6. The normalized spacial score (nSPS) is 11.8. The predicted octanol–water partition coefficient (Wildman–Crippen LogP) is 0.422. The summed E-state index contributed by atoms with van der Waals surface area (Å²) in [5.41, 5.74) is 5.69. The van der Waals surface area contributed by atoms with Gasteiger partial charge in [0.2, 0.25) is 0 Å². The molecule has 0 spiro atoms. The Morgan fingerprint density at radius 3 is 2.36 bits per heavy atom. The summed E-state index contributed by atoms with van der Waals surface area (Å²) >= 11 is 0. The third-order valence-electron chi connectivity index (χ3n) is 1.62. The van der Waals surface area contributed by atoms with Crippen LogP contribution in [0.15, 0.2) is 30.3 Å². The number of carbonyl (C=O) groups is 2. The Labute approximate surface area is 80.5 Å². The van der Waals surface area contributed by atoms with Crippen LogP contribution in [-0.4, -0.2) is 23.1 Å². The molecular formula is C9H10N2O3. The number of hydrogen-bond donors (Lipinski definition) is 3. The highest BCUT2D eigenvalue weighted by Crippen LogP contribution is 2.00. The Kier molecular flexibility index (Phi) is 3.19. The number of nitrogens with two attached hydrogens (primary N) is 1. The van der Waals surface area contributed by atoms with Crippen molar-refractivity contribution in [3.63, 3.8) is 0 Å². The predicted molar refractivity (Wildman–Crippen MR) is 49.9 cm³/mol. The van der Waals surface area contributed by atoms with Gasteiger partial charge in [0.15, 0.2) is 5.78 Å². The van der Waals surface area contributed by atoms with E-state index in [0.717, 1.165) is 0 Å². The summed E-state index contributed by atoms with van der Waals surface area (Å²) in [4.78, 5) is 21.6. The van der Waals surface area contributed by atoms with E-state index in [-0.39, 0.29) is 0 Å². The second-order valence-corrected chi connectivity index (χ2v) is 2.66. The molecule has 0 fully saturated rings. The molecule has 0 aromatic heterocycles. The Bertz CT molecular complexity index is 337. The number of Topliss-reactive ketones (excluding diaryl/α,β-unsaturated/α-hetero) is 1. The third kappa shape index (κ3) is 2.56. The number of hydrogen-bond acceptors (Lipinski definition) is 3. The number of ketones is 1. The lowest BCUT2D eigenvalue weighted by Gasteiger charge is -2.09. The minimum atomic E-state index is -1.32. The van der Waals surface area contributed by atoms with Crippen LogP contribution in [-0.2, 0) is 0 Å². The van der Waals surface area contributed by atoms with Crippen molar-refractivity contribution in [1.82, 2.24) is 5.32 Å². The van der Waals surface area contributed by atoms with E-state index in [2.05, 4.69) is 0 Å². The van der Waals surface area contributed by atoms with Gasteiger partial charge >= 0.3 is 6.09 Å². The van der Waals surface area contributed by atoms with Crippen molar-refractivity contribution in [2.45, 2.75) is 6.17 Å². The number of nitrogens with one attached hydrogen (secondary N) is 1. The molecule has 4 N–H and O–H groups in total. The topological polar surface area (TPSA) is 92.4 Å². The molecule has 1 aromatic carbocycles. The lowest BCUT2D eigenvalue weighted by atomic mass is 10.1. The second kappa shape index (κ2) is 4.38. The summed E-state index contributed by atoms with van der Waals surface area (Å²) in [6.45, 7) is 0. The smallest absolute Gasteiger partial charge is 0.406 e. The third-order valence-corrected chi connectivity index (χ3v) is 1.62. The molecule has 0 aliphatic carbocycles. The summed E-state index contributed by atoms with van der Waals surface area (Å²) < 4.78 is 0. The number of benzene rings is 1.